The van der Waals surface area contributed by atoms with Crippen LogP contribution >= 0.6 is 24.8 Å². The molecule has 1 aliphatic carbocycles. The van der Waals surface area contributed by atoms with E-state index >= 15 is 0 Å². The summed E-state index contributed by atoms with van der Waals surface area (Å²) in [6.07, 6.45) is 11.4. The van der Waals surface area contributed by atoms with Crippen molar-refractivity contribution in [3.05, 3.63) is 35.8 Å². The first-order valence-corrected chi connectivity index (χ1v) is 8.10. The number of carbonyl (C=O) groups is 1. The van der Waals surface area contributed by atoms with Gasteiger partial charge in [0.15, 0.2) is 0 Å². The molecule has 1 aliphatic heterocycles. The summed E-state index contributed by atoms with van der Waals surface area (Å²) in [5.41, 5.74) is 2.15. The van der Waals surface area contributed by atoms with Gasteiger partial charge < -0.3 is 10.3 Å². The normalized spacial score (nSPS) is 19.1. The van der Waals surface area contributed by atoms with E-state index in [1.807, 2.05) is 18.3 Å². The van der Waals surface area contributed by atoms with E-state index in [0.717, 1.165) is 29.4 Å². The van der Waals surface area contributed by atoms with Crippen LogP contribution in [0.15, 0.2) is 35.2 Å². The summed E-state index contributed by atoms with van der Waals surface area (Å²) in [6, 6.07) is 4.27. The van der Waals surface area contributed by atoms with Crippen LogP contribution in [0.25, 0.3) is 17.1 Å². The summed E-state index contributed by atoms with van der Waals surface area (Å²) in [6.45, 7) is 0. The number of H-pyrrole nitrogens is 1. The van der Waals surface area contributed by atoms with Gasteiger partial charge in [-0.1, -0.05) is 19.3 Å². The smallest absolute Gasteiger partial charge is 0.276 e. The Labute approximate surface area is 158 Å². The van der Waals surface area contributed by atoms with Gasteiger partial charge in [-0.2, -0.15) is 0 Å². The molecule has 4 rings (SSSR count). The lowest BCUT2D eigenvalue weighted by molar-refractivity contribution is -0.115. The molecule has 0 aromatic carbocycles. The molecule has 0 radical (unpaired) electrons. The van der Waals surface area contributed by atoms with Crippen LogP contribution in [0.3, 0.4) is 0 Å². The number of hydrogen-bond acceptors (Lipinski definition) is 4. The van der Waals surface area contributed by atoms with Crippen molar-refractivity contribution >= 4 is 53.8 Å². The Morgan fingerprint density at radius 2 is 2.00 bits per heavy atom. The number of aromatic amines is 1. The Morgan fingerprint density at radius 3 is 2.80 bits per heavy atom. The standard InChI is InChI=1S/C17H19N5O.2ClH/c23-16-14(9-11-10-19-15-13(11)7-4-8-18-15)21-17(22-16)20-12-5-2-1-3-6-12;;/h4,7-10,12H,1-3,5-6H2,(H,18,19)(H2,20,21,22,23);2*1H. The molecule has 3 heterocycles. The number of pyridine rings is 1. The fourth-order valence-electron chi connectivity index (χ4n) is 3.22. The molecule has 0 atom stereocenters. The predicted molar refractivity (Wildman–Crippen MR) is 104 cm³/mol. The van der Waals surface area contributed by atoms with Crippen molar-refractivity contribution in [1.82, 2.24) is 20.6 Å². The first kappa shape index (κ1) is 19.3. The number of nitrogens with zero attached hydrogens (tertiary/aromatic N) is 2. The Kier molecular flexibility index (Phi) is 6.45. The van der Waals surface area contributed by atoms with Gasteiger partial charge in [0.2, 0.25) is 5.96 Å². The highest BCUT2D eigenvalue weighted by Crippen LogP contribution is 2.21. The Balaban J connectivity index is 0.00000113. The quantitative estimate of drug-likeness (QED) is 0.698. The van der Waals surface area contributed by atoms with Crippen molar-refractivity contribution < 1.29 is 4.79 Å². The highest BCUT2D eigenvalue weighted by Gasteiger charge is 2.23. The molecule has 0 saturated heterocycles. The number of rotatable bonds is 2. The summed E-state index contributed by atoms with van der Waals surface area (Å²) in [4.78, 5) is 23.9. The largest absolute Gasteiger partial charge is 0.353 e. The first-order valence-electron chi connectivity index (χ1n) is 8.10. The molecule has 2 aromatic rings. The van der Waals surface area contributed by atoms with Gasteiger partial charge in [0.1, 0.15) is 11.3 Å². The monoisotopic (exact) mass is 381 g/mol. The summed E-state index contributed by atoms with van der Waals surface area (Å²) < 4.78 is 0. The van der Waals surface area contributed by atoms with E-state index in [4.69, 9.17) is 0 Å². The average Bonchev–Trinajstić information content (AvgIpc) is 3.13. The van der Waals surface area contributed by atoms with Crippen LogP contribution in [-0.2, 0) is 4.79 Å². The molecule has 0 bridgehead atoms. The molecule has 3 N–H and O–H groups in total. The highest BCUT2D eigenvalue weighted by molar-refractivity contribution is 6.14. The number of nitrogens with one attached hydrogen (secondary N) is 3. The third kappa shape index (κ3) is 4.14. The number of aromatic nitrogens is 2. The maximum atomic E-state index is 12.1. The summed E-state index contributed by atoms with van der Waals surface area (Å²) in [5.74, 6) is 0.410. The average molecular weight is 382 g/mol. The van der Waals surface area contributed by atoms with E-state index < -0.39 is 0 Å². The van der Waals surface area contributed by atoms with Crippen molar-refractivity contribution in [3.63, 3.8) is 0 Å². The molecule has 2 aromatic heterocycles. The van der Waals surface area contributed by atoms with Crippen LogP contribution < -0.4 is 10.6 Å². The van der Waals surface area contributed by atoms with Gasteiger partial charge in [0.25, 0.3) is 5.91 Å². The van der Waals surface area contributed by atoms with Crippen LogP contribution in [0.2, 0.25) is 0 Å². The molecular weight excluding hydrogens is 361 g/mol. The van der Waals surface area contributed by atoms with Crippen molar-refractivity contribution in [2.24, 2.45) is 4.99 Å². The lowest BCUT2D eigenvalue weighted by atomic mass is 9.96. The summed E-state index contributed by atoms with van der Waals surface area (Å²) in [7, 11) is 0. The van der Waals surface area contributed by atoms with Crippen LogP contribution in [0.5, 0.6) is 0 Å². The van der Waals surface area contributed by atoms with Crippen LogP contribution in [-0.4, -0.2) is 27.9 Å². The van der Waals surface area contributed by atoms with Gasteiger partial charge in [0, 0.05) is 29.4 Å². The number of halogens is 2. The van der Waals surface area contributed by atoms with Crippen LogP contribution in [0, 0.1) is 0 Å². The predicted octanol–water partition coefficient (Wildman–Crippen LogP) is 3.16. The molecule has 25 heavy (non-hydrogen) atoms. The topological polar surface area (TPSA) is 82.2 Å². The third-order valence-electron chi connectivity index (χ3n) is 4.42. The number of guanidine groups is 1. The molecule has 0 spiro atoms. The minimum atomic E-state index is -0.165. The molecular formula is C17H21Cl2N5O. The van der Waals surface area contributed by atoms with E-state index in [1.165, 1.54) is 19.3 Å². The van der Waals surface area contributed by atoms with Crippen molar-refractivity contribution in [2.45, 2.75) is 38.1 Å². The maximum absolute atomic E-state index is 12.1. The number of hydrogen-bond donors (Lipinski definition) is 3. The molecule has 0 unspecified atom stereocenters. The van der Waals surface area contributed by atoms with E-state index in [9.17, 15) is 4.79 Å². The zero-order valence-corrected chi connectivity index (χ0v) is 15.3. The third-order valence-corrected chi connectivity index (χ3v) is 4.42. The Morgan fingerprint density at radius 1 is 1.20 bits per heavy atom. The molecule has 1 fully saturated rings. The first-order chi connectivity index (χ1) is 11.3. The summed E-state index contributed by atoms with van der Waals surface area (Å²) >= 11 is 0. The summed E-state index contributed by atoms with van der Waals surface area (Å²) in [5, 5.41) is 7.15. The molecule has 1 saturated carbocycles. The van der Waals surface area contributed by atoms with Gasteiger partial charge >= 0.3 is 0 Å². The fourth-order valence-corrected chi connectivity index (χ4v) is 3.22. The van der Waals surface area contributed by atoms with Crippen molar-refractivity contribution in [3.8, 4) is 0 Å². The Hall–Kier alpha value is -2.05. The molecule has 134 valence electrons. The fraction of sp³-hybridized carbons (Fsp3) is 0.353. The highest BCUT2D eigenvalue weighted by atomic mass is 35.5. The van der Waals surface area contributed by atoms with Crippen molar-refractivity contribution in [2.75, 3.05) is 0 Å². The number of amides is 1. The molecule has 2 aliphatic rings. The maximum Gasteiger partial charge on any atom is 0.276 e. The molecule has 1 amide bonds. The van der Waals surface area contributed by atoms with E-state index in [1.54, 1.807) is 12.3 Å². The number of fused-ring (bicyclic) bond motifs is 1. The second kappa shape index (κ2) is 8.36. The minimum Gasteiger partial charge on any atom is -0.353 e. The van der Waals surface area contributed by atoms with Crippen LogP contribution in [0.1, 0.15) is 37.7 Å². The number of carbonyl (C=O) groups excluding carboxylic acids is 1. The van der Waals surface area contributed by atoms with Gasteiger partial charge in [-0.3, -0.25) is 10.1 Å². The Bertz CT molecular complexity index is 808. The SMILES string of the molecule is Cl.Cl.O=C1NC(NC2CCCCC2)=NC1=Cc1c[nH]c2ncccc12. The lowest BCUT2D eigenvalue weighted by Gasteiger charge is -2.23. The van der Waals surface area contributed by atoms with Gasteiger partial charge in [-0.05, 0) is 31.1 Å². The molecule has 6 nitrogen and oxygen atoms in total. The van der Waals surface area contributed by atoms with E-state index in [2.05, 4.69) is 25.6 Å². The zero-order valence-electron chi connectivity index (χ0n) is 13.6. The lowest BCUT2D eigenvalue weighted by Crippen LogP contribution is -2.43. The van der Waals surface area contributed by atoms with E-state index in [-0.39, 0.29) is 30.7 Å². The van der Waals surface area contributed by atoms with Gasteiger partial charge in [-0.15, -0.1) is 24.8 Å². The van der Waals surface area contributed by atoms with E-state index in [0.29, 0.717) is 17.7 Å². The molecule has 8 heteroatoms. The van der Waals surface area contributed by atoms with Crippen LogP contribution in [0.4, 0.5) is 0 Å². The van der Waals surface area contributed by atoms with Gasteiger partial charge in [0.05, 0.1) is 0 Å². The van der Waals surface area contributed by atoms with Gasteiger partial charge in [-0.25, -0.2) is 9.98 Å². The number of aliphatic imine (C=N–C) groups is 1. The zero-order chi connectivity index (χ0) is 15.6. The second-order valence-electron chi connectivity index (χ2n) is 6.07. The van der Waals surface area contributed by atoms with Crippen molar-refractivity contribution in [1.29, 1.82) is 0 Å². The minimum absolute atomic E-state index is 0. The second-order valence-corrected chi connectivity index (χ2v) is 6.07.